The summed E-state index contributed by atoms with van der Waals surface area (Å²) in [7, 11) is 0. The van der Waals surface area contributed by atoms with Crippen LogP contribution < -0.4 is 54.4 Å². The van der Waals surface area contributed by atoms with E-state index in [1.54, 1.807) is 36.5 Å². The van der Waals surface area contributed by atoms with Crippen molar-refractivity contribution in [3.05, 3.63) is 90.1 Å². The maximum Gasteiger partial charge on any atom is 0.243 e. The van der Waals surface area contributed by atoms with Crippen LogP contribution >= 0.6 is 25.3 Å². The molecule has 0 fully saturated rings. The van der Waals surface area contributed by atoms with Gasteiger partial charge in [-0.05, 0) is 48.6 Å². The molecule has 0 aliphatic heterocycles. The Bertz CT molecular complexity index is 2430. The molecule has 71 heavy (non-hydrogen) atoms. The summed E-state index contributed by atoms with van der Waals surface area (Å²) in [4.78, 5) is 123. The predicted octanol–water partition coefficient (Wildman–Crippen LogP) is -0.689. The van der Waals surface area contributed by atoms with Crippen LogP contribution in [-0.2, 0) is 57.6 Å². The molecule has 0 saturated heterocycles. The Kier molecular flexibility index (Phi) is 23.2. The number of unbranched alkanes of at least 4 members (excludes halogenated alkanes) is 1. The summed E-state index contributed by atoms with van der Waals surface area (Å²) in [6, 6.07) is 7.51. The fraction of sp³-hybridized carbons (Fsp3) is 0.447. The summed E-state index contributed by atoms with van der Waals surface area (Å²) in [5.74, 6) is -5.83. The largest absolute Gasteiger partial charge is 0.370 e. The van der Waals surface area contributed by atoms with Crippen molar-refractivity contribution in [2.24, 2.45) is 22.2 Å². The topological polar surface area (TPSA) is 356 Å². The van der Waals surface area contributed by atoms with E-state index in [0.717, 1.165) is 17.3 Å². The first kappa shape index (κ1) is 56.5. The van der Waals surface area contributed by atoms with E-state index in [9.17, 15) is 38.4 Å². The second-order valence-corrected chi connectivity index (χ2v) is 17.7. The number of para-hydroxylation sites is 1. The number of guanidine groups is 1. The molecule has 15 N–H and O–H groups in total. The molecule has 4 aromatic rings. The summed E-state index contributed by atoms with van der Waals surface area (Å²) in [5.41, 5.74) is 19.2. The smallest absolute Gasteiger partial charge is 0.243 e. The van der Waals surface area contributed by atoms with Crippen molar-refractivity contribution in [1.82, 2.24) is 52.2 Å². The van der Waals surface area contributed by atoms with Crippen molar-refractivity contribution in [3.63, 3.8) is 0 Å². The van der Waals surface area contributed by atoms with E-state index < -0.39 is 89.6 Å². The van der Waals surface area contributed by atoms with E-state index >= 15 is 0 Å². The number of nitrogens with two attached hydrogens (primary N) is 3. The lowest BCUT2D eigenvalue weighted by molar-refractivity contribution is -0.135. The van der Waals surface area contributed by atoms with E-state index in [4.69, 9.17) is 17.2 Å². The Balaban J connectivity index is 1.65. The third-order valence-electron chi connectivity index (χ3n) is 11.3. The molecule has 0 saturated carbocycles. The molecule has 8 amide bonds. The number of benzene rings is 2. The molecule has 4 rings (SSSR count). The van der Waals surface area contributed by atoms with E-state index in [-0.39, 0.29) is 62.5 Å². The third-order valence-corrected chi connectivity index (χ3v) is 11.9. The van der Waals surface area contributed by atoms with Crippen molar-refractivity contribution in [3.8, 4) is 0 Å². The van der Waals surface area contributed by atoms with Crippen LogP contribution in [0.3, 0.4) is 0 Å². The van der Waals surface area contributed by atoms with Crippen LogP contribution in [0.15, 0.2) is 78.3 Å². The highest BCUT2D eigenvalue weighted by Gasteiger charge is 2.34. The quantitative estimate of drug-likeness (QED) is 0.0134. The molecular formula is C47H66N14O8S2. The Hall–Kier alpha value is -7.08. The number of imidazole rings is 1. The number of rotatable bonds is 30. The Labute approximate surface area is 422 Å². The monoisotopic (exact) mass is 1020 g/mol. The van der Waals surface area contributed by atoms with E-state index in [0.29, 0.717) is 29.7 Å². The molecule has 0 unspecified atom stereocenters. The lowest BCUT2D eigenvalue weighted by Crippen LogP contribution is -2.61. The van der Waals surface area contributed by atoms with Crippen LogP contribution in [-0.4, -0.2) is 129 Å². The predicted molar refractivity (Wildman–Crippen MR) is 275 cm³/mol. The number of hydrogen-bond acceptors (Lipinski definition) is 12. The van der Waals surface area contributed by atoms with Crippen LogP contribution in [0.5, 0.6) is 0 Å². The van der Waals surface area contributed by atoms with Crippen LogP contribution in [0.25, 0.3) is 10.9 Å². The minimum absolute atomic E-state index is 0.0413. The number of nitrogens with zero attached hydrogens (tertiary/aromatic N) is 2. The molecule has 22 nitrogen and oxygen atoms in total. The highest BCUT2D eigenvalue weighted by molar-refractivity contribution is 7.80. The number of amides is 8. The number of hydrogen-bond donors (Lipinski definition) is 14. The molecule has 2 aromatic carbocycles. The fourth-order valence-electron chi connectivity index (χ4n) is 7.55. The van der Waals surface area contributed by atoms with Crippen molar-refractivity contribution in [1.29, 1.82) is 0 Å². The zero-order valence-electron chi connectivity index (χ0n) is 39.7. The Morgan fingerprint density at radius 2 is 1.14 bits per heavy atom. The number of nitrogens with one attached hydrogen (secondary N) is 9. The van der Waals surface area contributed by atoms with Gasteiger partial charge < -0.3 is 64.4 Å². The number of primary amides is 1. The van der Waals surface area contributed by atoms with Gasteiger partial charge in [0.05, 0.1) is 6.33 Å². The van der Waals surface area contributed by atoms with Gasteiger partial charge >= 0.3 is 0 Å². The summed E-state index contributed by atoms with van der Waals surface area (Å²) < 4.78 is 0. The number of aromatic amines is 2. The van der Waals surface area contributed by atoms with Crippen LogP contribution in [0.1, 0.15) is 69.2 Å². The lowest BCUT2D eigenvalue weighted by atomic mass is 10.0. The fourth-order valence-corrected chi connectivity index (χ4v) is 8.08. The number of carbonyl (C=O) groups is 8. The molecule has 0 aliphatic rings. The highest BCUT2D eigenvalue weighted by Crippen LogP contribution is 2.20. The van der Waals surface area contributed by atoms with Crippen molar-refractivity contribution in [2.45, 2.75) is 114 Å². The van der Waals surface area contributed by atoms with E-state index in [2.05, 4.69) is 82.4 Å². The molecule has 7 atom stereocenters. The minimum Gasteiger partial charge on any atom is -0.370 e. The summed E-state index contributed by atoms with van der Waals surface area (Å²) in [5, 5.41) is 19.7. The van der Waals surface area contributed by atoms with Gasteiger partial charge in [0, 0.05) is 67.5 Å². The van der Waals surface area contributed by atoms with E-state index in [1.807, 2.05) is 31.2 Å². The second kappa shape index (κ2) is 29.2. The van der Waals surface area contributed by atoms with Gasteiger partial charge in [0.15, 0.2) is 5.96 Å². The highest BCUT2D eigenvalue weighted by atomic mass is 32.1. The van der Waals surface area contributed by atoms with Crippen molar-refractivity contribution in [2.75, 3.05) is 18.1 Å². The van der Waals surface area contributed by atoms with Crippen molar-refractivity contribution < 1.29 is 38.4 Å². The van der Waals surface area contributed by atoms with Gasteiger partial charge in [0.2, 0.25) is 47.3 Å². The molecule has 0 radical (unpaired) electrons. The number of carbonyl (C=O) groups excluding carboxylic acids is 8. The van der Waals surface area contributed by atoms with Gasteiger partial charge in [0.1, 0.15) is 42.3 Å². The van der Waals surface area contributed by atoms with Crippen molar-refractivity contribution >= 4 is 89.4 Å². The summed E-state index contributed by atoms with van der Waals surface area (Å²) in [6.45, 7) is 3.30. The lowest BCUT2D eigenvalue weighted by Gasteiger charge is -2.28. The molecule has 0 spiro atoms. The normalized spacial score (nSPS) is 14.0. The molecule has 0 aliphatic carbocycles. The average molecular weight is 1020 g/mol. The number of thiol groups is 2. The van der Waals surface area contributed by atoms with Gasteiger partial charge in [-0.1, -0.05) is 68.3 Å². The summed E-state index contributed by atoms with van der Waals surface area (Å²) >= 11 is 8.45. The second-order valence-electron chi connectivity index (χ2n) is 16.8. The van der Waals surface area contributed by atoms with Crippen LogP contribution in [0.2, 0.25) is 0 Å². The zero-order chi connectivity index (χ0) is 51.9. The average Bonchev–Trinajstić information content (AvgIpc) is 4.02. The van der Waals surface area contributed by atoms with Crippen LogP contribution in [0, 0.1) is 0 Å². The SMILES string of the molecule is CCCC[C@H](NC(C)=O)C(=O)N[C@@H](CCS)C(=O)N[C@@H](Cc1cnc[nH]1)C(=O)N[C@H](Cc1ccccc1)C(=O)N[C@@H](CCCN=C(N)N)C(=O)N[C@@H](Cc1c[nH]c2ccccc12)C(=O)N[C@@H](CS)C(N)=O. The molecule has 0 bridgehead atoms. The number of aliphatic imine (C=N–C) groups is 1. The maximum absolute atomic E-state index is 14.6. The molecule has 24 heteroatoms. The standard InChI is InChI=1S/C47H66N14O8S2/c1-3-4-14-33(55-27(2)62)41(64)57-35(17-19-70)43(66)60-38(22-30-24-51-26-54-30)46(69)58-36(20-28-11-6-5-7-12-28)44(67)56-34(16-10-18-52-47(49)50)42(65)59-37(45(68)61-39(25-71)40(48)63)21-29-23-53-32-15-9-8-13-31(29)32/h5-9,11-13,15,23-24,26,33-39,53,70-71H,3-4,10,14,16-22,25H2,1-2H3,(H2,48,63)(H,51,54)(H,55,62)(H,56,67)(H,57,64)(H,58,69)(H,59,65)(H,60,66)(H,61,68)(H4,49,50,52)/t33-,34-,35-,36+,37-,38-,39-/m0/s1. The number of fused-ring (bicyclic) bond motifs is 1. The first-order valence-electron chi connectivity index (χ1n) is 23.2. The van der Waals surface area contributed by atoms with Gasteiger partial charge in [0.25, 0.3) is 0 Å². The first-order chi connectivity index (χ1) is 34.0. The Morgan fingerprint density at radius 3 is 1.69 bits per heavy atom. The van der Waals surface area contributed by atoms with Gasteiger partial charge in [-0.15, -0.1) is 0 Å². The zero-order valence-corrected chi connectivity index (χ0v) is 41.5. The molecule has 2 aromatic heterocycles. The van der Waals surface area contributed by atoms with Gasteiger partial charge in [-0.25, -0.2) is 4.98 Å². The van der Waals surface area contributed by atoms with E-state index in [1.165, 1.54) is 19.4 Å². The molecular weight excluding hydrogens is 953 g/mol. The minimum atomic E-state index is -1.36. The Morgan fingerprint density at radius 1 is 0.620 bits per heavy atom. The maximum atomic E-state index is 14.6. The first-order valence-corrected chi connectivity index (χ1v) is 24.5. The third kappa shape index (κ3) is 18.6. The van der Waals surface area contributed by atoms with Gasteiger partial charge in [-0.2, -0.15) is 25.3 Å². The molecule has 2 heterocycles. The van der Waals surface area contributed by atoms with Crippen LogP contribution in [0.4, 0.5) is 0 Å². The summed E-state index contributed by atoms with van der Waals surface area (Å²) in [6.07, 6.45) is 6.24. The molecule has 384 valence electrons. The number of H-pyrrole nitrogens is 2. The number of aromatic nitrogens is 3. The van der Waals surface area contributed by atoms with Gasteiger partial charge in [-0.3, -0.25) is 43.3 Å².